The first-order valence-corrected chi connectivity index (χ1v) is 21.5. The number of hydrogen-bond acceptors (Lipinski definition) is 5. The van der Waals surface area contributed by atoms with Crippen molar-refractivity contribution in [1.29, 1.82) is 0 Å². The van der Waals surface area contributed by atoms with Crippen molar-refractivity contribution in [3.8, 4) is 0 Å². The van der Waals surface area contributed by atoms with E-state index in [1.165, 1.54) is 96.3 Å². The van der Waals surface area contributed by atoms with Crippen LogP contribution in [0.4, 0.5) is 0 Å². The van der Waals surface area contributed by atoms with Crippen LogP contribution < -0.4 is 0 Å². The van der Waals surface area contributed by atoms with Gasteiger partial charge in [-0.05, 0) is 89.9 Å². The largest absolute Gasteiger partial charge is 0.462 e. The van der Waals surface area contributed by atoms with Crippen LogP contribution in [0.5, 0.6) is 0 Å². The highest BCUT2D eigenvalue weighted by atomic mass is 16.6. The quantitative estimate of drug-likeness (QED) is 0.0390. The van der Waals surface area contributed by atoms with Crippen molar-refractivity contribution >= 4 is 11.9 Å². The molecule has 1 atom stereocenters. The Labute approximate surface area is 321 Å². The third-order valence-corrected chi connectivity index (χ3v) is 8.97. The number of unbranched alkanes of at least 4 members (excludes halogenated alkanes) is 18. The highest BCUT2D eigenvalue weighted by molar-refractivity contribution is 5.70. The summed E-state index contributed by atoms with van der Waals surface area (Å²) in [5, 5.41) is 9.58. The monoisotopic (exact) mass is 725 g/mol. The Kier molecular flexibility index (Phi) is 40.6. The molecule has 0 rings (SSSR count). The Morgan fingerprint density at radius 1 is 0.442 bits per heavy atom. The molecular weight excluding hydrogens is 645 g/mol. The van der Waals surface area contributed by atoms with Crippen molar-refractivity contribution in [2.75, 3.05) is 13.2 Å². The van der Waals surface area contributed by atoms with E-state index in [0.29, 0.717) is 12.8 Å². The molecule has 0 aromatic rings. The lowest BCUT2D eigenvalue weighted by molar-refractivity contribution is -0.161. The maximum atomic E-state index is 12.2. The number of ether oxygens (including phenoxy) is 2. The molecule has 0 heterocycles. The topological polar surface area (TPSA) is 72.8 Å². The number of hydrogen-bond donors (Lipinski definition) is 1. The van der Waals surface area contributed by atoms with Crippen LogP contribution in [0.1, 0.15) is 194 Å². The van der Waals surface area contributed by atoms with E-state index in [9.17, 15) is 14.7 Å². The summed E-state index contributed by atoms with van der Waals surface area (Å²) in [6.45, 7) is 4.05. The lowest BCUT2D eigenvalue weighted by Gasteiger charge is -2.15. The van der Waals surface area contributed by atoms with E-state index in [4.69, 9.17) is 9.47 Å². The zero-order valence-corrected chi connectivity index (χ0v) is 33.8. The van der Waals surface area contributed by atoms with Gasteiger partial charge in [0.25, 0.3) is 0 Å². The molecular formula is C47H80O5. The maximum absolute atomic E-state index is 12.2. The Morgan fingerprint density at radius 2 is 0.769 bits per heavy atom. The van der Waals surface area contributed by atoms with Gasteiger partial charge in [0, 0.05) is 12.8 Å². The molecule has 0 aromatic carbocycles. The molecule has 0 bridgehead atoms. The summed E-state index contributed by atoms with van der Waals surface area (Å²) < 4.78 is 10.6. The molecule has 5 heteroatoms. The summed E-state index contributed by atoms with van der Waals surface area (Å²) in [4.78, 5) is 24.3. The van der Waals surface area contributed by atoms with E-state index < -0.39 is 6.10 Å². The first-order chi connectivity index (χ1) is 25.6. The van der Waals surface area contributed by atoms with Crippen LogP contribution in [-0.2, 0) is 19.1 Å². The number of aliphatic hydroxyl groups is 1. The van der Waals surface area contributed by atoms with Crippen molar-refractivity contribution in [2.24, 2.45) is 0 Å². The standard InChI is InChI=1S/C47H80O5/c1-3-5-7-9-11-13-15-17-19-21-23-25-27-29-31-33-35-37-39-41-46(49)51-44-45(43-48)52-47(50)42-40-38-36-34-32-30-28-26-24-22-20-18-16-14-12-10-8-6-4-2/h11-14,17-20,24,26,30,32,45,48H,3-10,15-16,21-23,25,27-29,31,33-44H2,1-2H3/b13-11-,14-12-,19-17-,20-18-,26-24-,32-30-/t45-/m0/s1. The van der Waals surface area contributed by atoms with Crippen LogP contribution in [0.15, 0.2) is 72.9 Å². The van der Waals surface area contributed by atoms with Gasteiger partial charge in [-0.3, -0.25) is 9.59 Å². The average molecular weight is 725 g/mol. The van der Waals surface area contributed by atoms with Crippen molar-refractivity contribution in [1.82, 2.24) is 0 Å². The zero-order chi connectivity index (χ0) is 37.8. The molecule has 0 saturated heterocycles. The van der Waals surface area contributed by atoms with Crippen LogP contribution in [0.25, 0.3) is 0 Å². The highest BCUT2D eigenvalue weighted by Crippen LogP contribution is 2.13. The minimum atomic E-state index is -0.793. The minimum Gasteiger partial charge on any atom is -0.462 e. The van der Waals surface area contributed by atoms with Crippen LogP contribution in [0.3, 0.4) is 0 Å². The molecule has 52 heavy (non-hydrogen) atoms. The van der Waals surface area contributed by atoms with Gasteiger partial charge in [-0.15, -0.1) is 0 Å². The number of esters is 2. The van der Waals surface area contributed by atoms with Crippen LogP contribution in [0.2, 0.25) is 0 Å². The van der Waals surface area contributed by atoms with Crippen molar-refractivity contribution < 1.29 is 24.2 Å². The molecule has 5 nitrogen and oxygen atoms in total. The zero-order valence-electron chi connectivity index (χ0n) is 33.8. The van der Waals surface area contributed by atoms with Gasteiger partial charge in [-0.1, -0.05) is 164 Å². The van der Waals surface area contributed by atoms with Gasteiger partial charge >= 0.3 is 11.9 Å². The van der Waals surface area contributed by atoms with Gasteiger partial charge in [0.1, 0.15) is 6.61 Å². The summed E-state index contributed by atoms with van der Waals surface area (Å²) in [6.07, 6.45) is 56.8. The molecule has 0 aromatic heterocycles. The molecule has 0 radical (unpaired) electrons. The molecule has 0 unspecified atom stereocenters. The first kappa shape index (κ1) is 49.3. The van der Waals surface area contributed by atoms with Gasteiger partial charge in [0.2, 0.25) is 0 Å². The number of carbonyl (C=O) groups excluding carboxylic acids is 2. The van der Waals surface area contributed by atoms with E-state index >= 15 is 0 Å². The fraction of sp³-hybridized carbons (Fsp3) is 0.702. The summed E-state index contributed by atoms with van der Waals surface area (Å²) in [6, 6.07) is 0. The molecule has 0 aliphatic rings. The van der Waals surface area contributed by atoms with Crippen molar-refractivity contribution in [3.63, 3.8) is 0 Å². The minimum absolute atomic E-state index is 0.0842. The van der Waals surface area contributed by atoms with Crippen molar-refractivity contribution in [3.05, 3.63) is 72.9 Å². The molecule has 0 aliphatic heterocycles. The van der Waals surface area contributed by atoms with E-state index in [1.54, 1.807) is 0 Å². The van der Waals surface area contributed by atoms with E-state index in [2.05, 4.69) is 86.8 Å². The second-order valence-electron chi connectivity index (χ2n) is 14.1. The number of allylic oxidation sites excluding steroid dienone is 12. The fourth-order valence-electron chi connectivity index (χ4n) is 5.68. The van der Waals surface area contributed by atoms with Gasteiger partial charge in [-0.25, -0.2) is 0 Å². The van der Waals surface area contributed by atoms with E-state index in [0.717, 1.165) is 70.6 Å². The van der Waals surface area contributed by atoms with Crippen molar-refractivity contribution in [2.45, 2.75) is 200 Å². The average Bonchev–Trinajstić information content (AvgIpc) is 3.15. The number of rotatable bonds is 38. The maximum Gasteiger partial charge on any atom is 0.306 e. The van der Waals surface area contributed by atoms with E-state index in [1.807, 2.05) is 0 Å². The summed E-state index contributed by atoms with van der Waals surface area (Å²) >= 11 is 0. The predicted molar refractivity (Wildman–Crippen MR) is 223 cm³/mol. The first-order valence-electron chi connectivity index (χ1n) is 21.5. The predicted octanol–water partition coefficient (Wildman–Crippen LogP) is 13.7. The Morgan fingerprint density at radius 3 is 1.17 bits per heavy atom. The molecule has 0 spiro atoms. The fourth-order valence-corrected chi connectivity index (χ4v) is 5.68. The Hall–Kier alpha value is -2.66. The highest BCUT2D eigenvalue weighted by Gasteiger charge is 2.16. The number of aliphatic hydroxyl groups excluding tert-OH is 1. The molecule has 0 amide bonds. The van der Waals surface area contributed by atoms with Crippen LogP contribution in [-0.4, -0.2) is 36.4 Å². The molecule has 298 valence electrons. The van der Waals surface area contributed by atoms with Gasteiger partial charge in [0.15, 0.2) is 6.10 Å². The lowest BCUT2D eigenvalue weighted by Crippen LogP contribution is -2.28. The van der Waals surface area contributed by atoms with Gasteiger partial charge in [0.05, 0.1) is 6.61 Å². The summed E-state index contributed by atoms with van der Waals surface area (Å²) in [5.74, 6) is -0.635. The molecule has 0 saturated carbocycles. The second kappa shape index (κ2) is 42.8. The van der Waals surface area contributed by atoms with E-state index in [-0.39, 0.29) is 25.2 Å². The summed E-state index contributed by atoms with van der Waals surface area (Å²) in [5.41, 5.74) is 0. The SMILES string of the molecule is CCCCC/C=C\C/C=C\C/C=C\C/C=C\CCCCCC(=O)O[C@@H](CO)COC(=O)CCCCCCCCCCC/C=C\C/C=C\CCCCC. The third kappa shape index (κ3) is 40.1. The van der Waals surface area contributed by atoms with Gasteiger partial charge in [-0.2, -0.15) is 0 Å². The molecule has 0 aliphatic carbocycles. The Balaban J connectivity index is 3.63. The van der Waals surface area contributed by atoms with Crippen LogP contribution in [0, 0.1) is 0 Å². The normalized spacial score (nSPS) is 12.9. The smallest absolute Gasteiger partial charge is 0.306 e. The third-order valence-electron chi connectivity index (χ3n) is 8.97. The van der Waals surface area contributed by atoms with Crippen LogP contribution >= 0.6 is 0 Å². The molecule has 0 fully saturated rings. The number of carbonyl (C=O) groups is 2. The molecule has 1 N–H and O–H groups in total. The Bertz CT molecular complexity index is 957. The second-order valence-corrected chi connectivity index (χ2v) is 14.1. The lowest BCUT2D eigenvalue weighted by atomic mass is 10.1. The van der Waals surface area contributed by atoms with Gasteiger partial charge < -0.3 is 14.6 Å². The summed E-state index contributed by atoms with van der Waals surface area (Å²) in [7, 11) is 0.